The molecule has 0 saturated carbocycles. The second kappa shape index (κ2) is 13.0. The summed E-state index contributed by atoms with van der Waals surface area (Å²) in [6.07, 6.45) is 3.94. The molecule has 2 aliphatic heterocycles. The quantitative estimate of drug-likeness (QED) is 0.310. The Labute approximate surface area is 249 Å². The zero-order valence-corrected chi connectivity index (χ0v) is 25.6. The van der Waals surface area contributed by atoms with Crippen LogP contribution in [0, 0.1) is 5.92 Å². The van der Waals surface area contributed by atoms with Gasteiger partial charge in [0.2, 0.25) is 15.9 Å². The maximum absolute atomic E-state index is 13.9. The first-order chi connectivity index (χ1) is 20.1. The van der Waals surface area contributed by atoms with Crippen molar-refractivity contribution >= 4 is 16.1 Å². The average molecular weight is 595 g/mol. The molecule has 2 aliphatic rings. The van der Waals surface area contributed by atoms with Gasteiger partial charge in [0.15, 0.2) is 5.82 Å². The fourth-order valence-electron chi connectivity index (χ4n) is 5.91. The van der Waals surface area contributed by atoms with Gasteiger partial charge in [-0.3, -0.25) is 0 Å². The summed E-state index contributed by atoms with van der Waals surface area (Å²) in [4.78, 5) is 18.8. The molecule has 0 unspecified atom stereocenters. The fourth-order valence-corrected chi connectivity index (χ4v) is 8.00. The van der Waals surface area contributed by atoms with E-state index in [2.05, 4.69) is 22.3 Å². The number of hydrogen-bond acceptors (Lipinski definition) is 7. The largest absolute Gasteiger partial charge is 0.444 e. The van der Waals surface area contributed by atoms with Crippen molar-refractivity contribution < 1.29 is 22.5 Å². The van der Waals surface area contributed by atoms with Crippen molar-refractivity contribution in [2.45, 2.75) is 76.9 Å². The predicted molar refractivity (Wildman–Crippen MR) is 160 cm³/mol. The van der Waals surface area contributed by atoms with E-state index >= 15 is 0 Å². The van der Waals surface area contributed by atoms with Crippen LogP contribution in [0.25, 0.3) is 0 Å². The summed E-state index contributed by atoms with van der Waals surface area (Å²) in [6, 6.07) is 19.8. The lowest BCUT2D eigenvalue weighted by atomic mass is 9.96. The van der Waals surface area contributed by atoms with E-state index in [0.717, 1.165) is 18.4 Å². The van der Waals surface area contributed by atoms with E-state index in [-0.39, 0.29) is 23.7 Å². The fraction of sp³-hybridized carbons (Fsp3) is 0.531. The molecule has 1 amide bonds. The van der Waals surface area contributed by atoms with Crippen LogP contribution in [-0.2, 0) is 27.6 Å². The molecule has 42 heavy (non-hydrogen) atoms. The van der Waals surface area contributed by atoms with Crippen molar-refractivity contribution in [1.29, 1.82) is 0 Å². The van der Waals surface area contributed by atoms with Gasteiger partial charge in [-0.1, -0.05) is 65.8 Å². The minimum atomic E-state index is -3.64. The molecular weight excluding hydrogens is 552 g/mol. The van der Waals surface area contributed by atoms with Crippen LogP contribution in [0.5, 0.6) is 0 Å². The number of carbonyl (C=O) groups excluding carboxylic acids is 1. The van der Waals surface area contributed by atoms with E-state index in [9.17, 15) is 13.2 Å². The topological polar surface area (TPSA) is 106 Å². The van der Waals surface area contributed by atoms with E-state index < -0.39 is 21.7 Å². The lowest BCUT2D eigenvalue weighted by Gasteiger charge is -2.34. The molecule has 5 rings (SSSR count). The maximum Gasteiger partial charge on any atom is 0.410 e. The summed E-state index contributed by atoms with van der Waals surface area (Å²) in [5.74, 6) is 1.00. The Bertz CT molecular complexity index is 1410. The van der Waals surface area contributed by atoms with E-state index in [1.165, 1.54) is 5.56 Å². The van der Waals surface area contributed by atoms with E-state index in [1.54, 1.807) is 9.21 Å². The lowest BCUT2D eigenvalue weighted by Crippen LogP contribution is -2.44. The van der Waals surface area contributed by atoms with Gasteiger partial charge in [0.25, 0.3) is 0 Å². The number of hydrogen-bond donors (Lipinski definition) is 0. The standard InChI is InChI=1S/C32H42N4O5S/c1-32(2,3)40-31(37)35-19-17-25(18-20-35)23-42(38,39)36-22-27(26-14-8-5-9-15-26)21-28(36)30-33-29(34-41-30)16-10-13-24-11-6-4-7-12-24/h4-9,11-12,14-15,25,27-28H,10,13,16-23H2,1-3H3/t27-,28+/m1/s1. The molecule has 0 aliphatic carbocycles. The molecule has 0 radical (unpaired) electrons. The Hall–Kier alpha value is -3.24. The van der Waals surface area contributed by atoms with Crippen LogP contribution in [0.2, 0.25) is 0 Å². The van der Waals surface area contributed by atoms with Crippen LogP contribution in [0.1, 0.15) is 81.3 Å². The molecule has 0 N–H and O–H groups in total. The number of nitrogens with zero attached hydrogens (tertiary/aromatic N) is 4. The normalized spacial score (nSPS) is 20.6. The molecule has 3 heterocycles. The van der Waals surface area contributed by atoms with Gasteiger partial charge in [-0.25, -0.2) is 13.2 Å². The zero-order chi connectivity index (χ0) is 29.7. The van der Waals surface area contributed by atoms with Gasteiger partial charge in [0.05, 0.1) is 5.75 Å². The molecule has 3 aromatic rings. The molecule has 10 heteroatoms. The van der Waals surface area contributed by atoms with Gasteiger partial charge in [0.1, 0.15) is 11.6 Å². The number of piperidine rings is 1. The molecule has 226 valence electrons. The van der Waals surface area contributed by atoms with Crippen molar-refractivity contribution in [3.63, 3.8) is 0 Å². The van der Waals surface area contributed by atoms with Gasteiger partial charge in [-0.2, -0.15) is 9.29 Å². The number of benzene rings is 2. The molecule has 9 nitrogen and oxygen atoms in total. The number of sulfonamides is 1. The predicted octanol–water partition coefficient (Wildman–Crippen LogP) is 5.75. The summed E-state index contributed by atoms with van der Waals surface area (Å²) < 4.78 is 40.7. The Balaban J connectivity index is 1.26. The van der Waals surface area contributed by atoms with Crippen LogP contribution in [0.15, 0.2) is 65.2 Å². The highest BCUT2D eigenvalue weighted by atomic mass is 32.2. The van der Waals surface area contributed by atoms with Crippen molar-refractivity contribution in [2.75, 3.05) is 25.4 Å². The SMILES string of the molecule is CC(C)(C)OC(=O)N1CCC(CS(=O)(=O)N2C[C@H](c3ccccc3)C[C@H]2c2nc(CCCc3ccccc3)no2)CC1. The smallest absolute Gasteiger partial charge is 0.410 e. The molecule has 1 aromatic heterocycles. The van der Waals surface area contributed by atoms with Gasteiger partial charge < -0.3 is 14.2 Å². The zero-order valence-electron chi connectivity index (χ0n) is 24.8. The number of amides is 1. The second-order valence-corrected chi connectivity index (χ2v) is 14.5. The van der Waals surface area contributed by atoms with E-state index in [0.29, 0.717) is 57.0 Å². The van der Waals surface area contributed by atoms with Crippen molar-refractivity contribution in [2.24, 2.45) is 5.92 Å². The third-order valence-corrected chi connectivity index (χ3v) is 10.1. The highest BCUT2D eigenvalue weighted by Gasteiger charge is 2.44. The lowest BCUT2D eigenvalue weighted by molar-refractivity contribution is 0.0190. The summed E-state index contributed by atoms with van der Waals surface area (Å²) in [7, 11) is -3.64. The average Bonchev–Trinajstić information content (AvgIpc) is 3.62. The van der Waals surface area contributed by atoms with E-state index in [4.69, 9.17) is 9.26 Å². The third-order valence-electron chi connectivity index (χ3n) is 8.07. The highest BCUT2D eigenvalue weighted by molar-refractivity contribution is 7.89. The number of rotatable bonds is 9. The summed E-state index contributed by atoms with van der Waals surface area (Å²) in [5.41, 5.74) is 1.80. The number of likely N-dealkylation sites (tertiary alicyclic amines) is 1. The highest BCUT2D eigenvalue weighted by Crippen LogP contribution is 2.42. The van der Waals surface area contributed by atoms with Crippen LogP contribution < -0.4 is 0 Å². The van der Waals surface area contributed by atoms with Crippen molar-refractivity contribution in [3.8, 4) is 0 Å². The van der Waals surface area contributed by atoms with Crippen LogP contribution >= 0.6 is 0 Å². The van der Waals surface area contributed by atoms with Crippen molar-refractivity contribution in [3.05, 3.63) is 83.5 Å². The Kier molecular flexibility index (Phi) is 9.32. The first-order valence-electron chi connectivity index (χ1n) is 15.0. The van der Waals surface area contributed by atoms with Gasteiger partial charge in [-0.05, 0) is 75.8 Å². The second-order valence-electron chi connectivity index (χ2n) is 12.5. The van der Waals surface area contributed by atoms with Gasteiger partial charge >= 0.3 is 6.09 Å². The Morgan fingerprint density at radius 3 is 2.33 bits per heavy atom. The minimum absolute atomic E-state index is 0.0330. The summed E-state index contributed by atoms with van der Waals surface area (Å²) in [6.45, 7) is 6.88. The van der Waals surface area contributed by atoms with Crippen LogP contribution in [0.3, 0.4) is 0 Å². The van der Waals surface area contributed by atoms with Gasteiger partial charge in [-0.15, -0.1) is 0 Å². The van der Waals surface area contributed by atoms with Crippen molar-refractivity contribution in [1.82, 2.24) is 19.3 Å². The Morgan fingerprint density at radius 1 is 1.00 bits per heavy atom. The number of carbonyl (C=O) groups is 1. The number of ether oxygens (including phenoxy) is 1. The summed E-state index contributed by atoms with van der Waals surface area (Å²) >= 11 is 0. The molecule has 2 atom stereocenters. The maximum atomic E-state index is 13.9. The summed E-state index contributed by atoms with van der Waals surface area (Å²) in [5, 5.41) is 4.22. The molecule has 2 aromatic carbocycles. The third kappa shape index (κ3) is 7.77. The van der Waals surface area contributed by atoms with Gasteiger partial charge in [0, 0.05) is 26.1 Å². The number of aryl methyl sites for hydroxylation is 2. The Morgan fingerprint density at radius 2 is 1.67 bits per heavy atom. The van der Waals surface area contributed by atoms with E-state index in [1.807, 2.05) is 69.3 Å². The molecule has 2 saturated heterocycles. The first-order valence-corrected chi connectivity index (χ1v) is 16.6. The van der Waals surface area contributed by atoms with Crippen LogP contribution in [0.4, 0.5) is 4.79 Å². The minimum Gasteiger partial charge on any atom is -0.444 e. The molecule has 2 fully saturated rings. The molecule has 0 bridgehead atoms. The van der Waals surface area contributed by atoms with Crippen LogP contribution in [-0.4, -0.2) is 64.8 Å². The number of aromatic nitrogens is 2. The first kappa shape index (κ1) is 30.2. The monoisotopic (exact) mass is 594 g/mol. The molecule has 0 spiro atoms. The molecular formula is C32H42N4O5S.